The summed E-state index contributed by atoms with van der Waals surface area (Å²) in [5, 5.41) is 3.03. The van der Waals surface area contributed by atoms with Crippen LogP contribution >= 0.6 is 11.6 Å². The summed E-state index contributed by atoms with van der Waals surface area (Å²) in [4.78, 5) is 0. The van der Waals surface area contributed by atoms with Gasteiger partial charge in [-0.2, -0.15) is 0 Å². The van der Waals surface area contributed by atoms with Crippen molar-refractivity contribution in [2.75, 3.05) is 25.6 Å². The molecule has 60 valence electrons. The molecule has 1 nitrogen and oxygen atoms in total. The van der Waals surface area contributed by atoms with Gasteiger partial charge in [-0.05, 0) is 18.3 Å². The molecule has 10 heavy (non-hydrogen) atoms. The zero-order valence-electron chi connectivity index (χ0n) is 6.00. The molecule has 0 spiro atoms. The first-order chi connectivity index (χ1) is 4.83. The topological polar surface area (TPSA) is 12.0 Å². The van der Waals surface area contributed by atoms with E-state index in [-0.39, 0.29) is 6.67 Å². The van der Waals surface area contributed by atoms with Crippen LogP contribution in [0.15, 0.2) is 0 Å². The van der Waals surface area contributed by atoms with Gasteiger partial charge in [0.15, 0.2) is 0 Å². The lowest BCUT2D eigenvalue weighted by Crippen LogP contribution is -2.26. The van der Waals surface area contributed by atoms with Gasteiger partial charge in [-0.25, -0.2) is 4.39 Å². The lowest BCUT2D eigenvalue weighted by atomic mass is 10.1. The molecule has 0 heterocycles. The number of alkyl halides is 2. The normalized spacial score (nSPS) is 21.0. The first-order valence-corrected chi connectivity index (χ1v) is 4.19. The maximum absolute atomic E-state index is 11.6. The Morgan fingerprint density at radius 1 is 1.50 bits per heavy atom. The number of hydrogen-bond acceptors (Lipinski definition) is 1. The molecule has 0 aliphatic heterocycles. The third-order valence-corrected chi connectivity index (χ3v) is 2.58. The van der Waals surface area contributed by atoms with Gasteiger partial charge < -0.3 is 5.32 Å². The predicted octanol–water partition coefficient (Wildman–Crippen LogP) is 1.56. The van der Waals surface area contributed by atoms with Gasteiger partial charge >= 0.3 is 0 Å². The summed E-state index contributed by atoms with van der Waals surface area (Å²) < 4.78 is 11.6. The molecule has 1 fully saturated rings. The van der Waals surface area contributed by atoms with Crippen molar-refractivity contribution >= 4 is 11.6 Å². The molecule has 0 aromatic heterocycles. The van der Waals surface area contributed by atoms with Gasteiger partial charge in [0.1, 0.15) is 6.67 Å². The average Bonchev–Trinajstić information content (AvgIpc) is 2.70. The molecule has 3 heteroatoms. The van der Waals surface area contributed by atoms with E-state index < -0.39 is 0 Å². The Balaban J connectivity index is 2.01. The minimum absolute atomic E-state index is 0.279. The van der Waals surface area contributed by atoms with Crippen LogP contribution in [0.25, 0.3) is 0 Å². The van der Waals surface area contributed by atoms with E-state index in [0.717, 1.165) is 6.54 Å². The summed E-state index contributed by atoms with van der Waals surface area (Å²) in [5.74, 6) is 0.715. The largest absolute Gasteiger partial charge is 0.314 e. The maximum atomic E-state index is 11.6. The van der Waals surface area contributed by atoms with Crippen molar-refractivity contribution in [3.63, 3.8) is 0 Å². The quantitative estimate of drug-likeness (QED) is 0.482. The van der Waals surface area contributed by atoms with Gasteiger partial charge in [-0.3, -0.25) is 0 Å². The second kappa shape index (κ2) is 3.54. The monoisotopic (exact) mass is 165 g/mol. The number of nitrogens with one attached hydrogen (secondary N) is 1. The molecule has 0 radical (unpaired) electrons. The van der Waals surface area contributed by atoms with E-state index in [1.54, 1.807) is 0 Å². The molecule has 0 bridgehead atoms. The average molecular weight is 166 g/mol. The van der Waals surface area contributed by atoms with Crippen LogP contribution in [0.4, 0.5) is 4.39 Å². The van der Waals surface area contributed by atoms with E-state index in [4.69, 9.17) is 11.6 Å². The molecule has 1 aliphatic carbocycles. The molecule has 1 aliphatic rings. The van der Waals surface area contributed by atoms with E-state index in [1.165, 1.54) is 12.8 Å². The van der Waals surface area contributed by atoms with E-state index in [1.807, 2.05) is 0 Å². The summed E-state index contributed by atoms with van der Waals surface area (Å²) in [6.07, 6.45) is 2.41. The Hall–Kier alpha value is 0.180. The lowest BCUT2D eigenvalue weighted by molar-refractivity contribution is 0.435. The van der Waals surface area contributed by atoms with Crippen molar-refractivity contribution < 1.29 is 4.39 Å². The number of halogens is 2. The molecule has 1 N–H and O–H groups in total. The van der Waals surface area contributed by atoms with E-state index >= 15 is 0 Å². The van der Waals surface area contributed by atoms with E-state index in [0.29, 0.717) is 17.8 Å². The van der Waals surface area contributed by atoms with Gasteiger partial charge in [0.05, 0.1) is 0 Å². The molecular formula is C7H13ClFN. The zero-order chi connectivity index (χ0) is 7.45. The summed E-state index contributed by atoms with van der Waals surface area (Å²) in [6.45, 7) is 1.08. The fourth-order valence-corrected chi connectivity index (χ4v) is 1.32. The minimum Gasteiger partial charge on any atom is -0.314 e. The summed E-state index contributed by atoms with van der Waals surface area (Å²) >= 11 is 5.70. The lowest BCUT2D eigenvalue weighted by Gasteiger charge is -2.10. The first kappa shape index (κ1) is 8.28. The van der Waals surface area contributed by atoms with Crippen LogP contribution in [0.5, 0.6) is 0 Å². The molecule has 0 saturated heterocycles. The predicted molar refractivity (Wildman–Crippen MR) is 41.2 cm³/mol. The summed E-state index contributed by atoms with van der Waals surface area (Å²) in [6, 6.07) is 0. The SMILES string of the molecule is FCCNCC1(CCl)CC1. The summed E-state index contributed by atoms with van der Waals surface area (Å²) in [5.41, 5.74) is 0.330. The van der Waals surface area contributed by atoms with Gasteiger partial charge in [-0.15, -0.1) is 11.6 Å². The fraction of sp³-hybridized carbons (Fsp3) is 1.00. The number of rotatable bonds is 5. The van der Waals surface area contributed by atoms with Crippen LogP contribution < -0.4 is 5.32 Å². The van der Waals surface area contributed by atoms with Crippen molar-refractivity contribution in [2.45, 2.75) is 12.8 Å². The third-order valence-electron chi connectivity index (χ3n) is 2.01. The van der Waals surface area contributed by atoms with Crippen molar-refractivity contribution in [2.24, 2.45) is 5.41 Å². The Morgan fingerprint density at radius 2 is 2.20 bits per heavy atom. The minimum atomic E-state index is -0.279. The highest BCUT2D eigenvalue weighted by Gasteiger charge is 2.40. The summed E-state index contributed by atoms with van der Waals surface area (Å²) in [7, 11) is 0. The van der Waals surface area contributed by atoms with Crippen LogP contribution in [0.3, 0.4) is 0 Å². The second-order valence-electron chi connectivity index (χ2n) is 3.00. The van der Waals surface area contributed by atoms with Crippen LogP contribution in [-0.2, 0) is 0 Å². The fourth-order valence-electron chi connectivity index (χ4n) is 0.955. The molecular weight excluding hydrogens is 153 g/mol. The van der Waals surface area contributed by atoms with Crippen LogP contribution in [-0.4, -0.2) is 25.6 Å². The van der Waals surface area contributed by atoms with Crippen LogP contribution in [0, 0.1) is 5.41 Å². The molecule has 1 rings (SSSR count). The smallest absolute Gasteiger partial charge is 0.102 e. The van der Waals surface area contributed by atoms with E-state index in [2.05, 4.69) is 5.32 Å². The van der Waals surface area contributed by atoms with E-state index in [9.17, 15) is 4.39 Å². The Kier molecular flexibility index (Phi) is 2.93. The van der Waals surface area contributed by atoms with Crippen molar-refractivity contribution in [3.8, 4) is 0 Å². The highest BCUT2D eigenvalue weighted by atomic mass is 35.5. The Bertz CT molecular complexity index is 104. The molecule has 0 unspecified atom stereocenters. The van der Waals surface area contributed by atoms with Gasteiger partial charge in [0.25, 0.3) is 0 Å². The third kappa shape index (κ3) is 2.10. The Labute approximate surface area is 65.9 Å². The Morgan fingerprint density at radius 3 is 2.60 bits per heavy atom. The van der Waals surface area contributed by atoms with Crippen LogP contribution in [0.1, 0.15) is 12.8 Å². The van der Waals surface area contributed by atoms with Crippen molar-refractivity contribution in [3.05, 3.63) is 0 Å². The maximum Gasteiger partial charge on any atom is 0.102 e. The highest BCUT2D eigenvalue weighted by Crippen LogP contribution is 2.45. The second-order valence-corrected chi connectivity index (χ2v) is 3.27. The first-order valence-electron chi connectivity index (χ1n) is 3.66. The van der Waals surface area contributed by atoms with Gasteiger partial charge in [-0.1, -0.05) is 0 Å². The standard InChI is InChI=1S/C7H13ClFN/c8-5-7(1-2-7)6-10-4-3-9/h10H,1-6H2. The van der Waals surface area contributed by atoms with Crippen molar-refractivity contribution in [1.82, 2.24) is 5.32 Å². The highest BCUT2D eigenvalue weighted by molar-refractivity contribution is 6.18. The molecule has 0 atom stereocenters. The molecule has 0 aromatic rings. The molecule has 1 saturated carbocycles. The molecule has 0 amide bonds. The van der Waals surface area contributed by atoms with Crippen molar-refractivity contribution in [1.29, 1.82) is 0 Å². The van der Waals surface area contributed by atoms with Gasteiger partial charge in [0.2, 0.25) is 0 Å². The number of hydrogen-bond donors (Lipinski definition) is 1. The van der Waals surface area contributed by atoms with Gasteiger partial charge in [0, 0.05) is 19.0 Å². The van der Waals surface area contributed by atoms with Crippen LogP contribution in [0.2, 0.25) is 0 Å². The zero-order valence-corrected chi connectivity index (χ0v) is 6.75. The molecule has 0 aromatic carbocycles.